The number of hydrogen-bond acceptors (Lipinski definition) is 6. The van der Waals surface area contributed by atoms with Crippen LogP contribution in [0.1, 0.15) is 23.0 Å². The number of nitrogens with zero attached hydrogens (tertiary/aromatic N) is 2. The normalized spacial score (nSPS) is 10.2. The van der Waals surface area contributed by atoms with Crippen molar-refractivity contribution in [3.63, 3.8) is 0 Å². The molecule has 0 aliphatic heterocycles. The summed E-state index contributed by atoms with van der Waals surface area (Å²) in [6, 6.07) is 6.22. The van der Waals surface area contributed by atoms with Gasteiger partial charge in [-0.15, -0.1) is 0 Å². The van der Waals surface area contributed by atoms with Gasteiger partial charge < -0.3 is 30.8 Å². The number of urea groups is 1. The molecule has 10 nitrogen and oxygen atoms in total. The fourth-order valence-electron chi connectivity index (χ4n) is 2.17. The van der Waals surface area contributed by atoms with E-state index < -0.39 is 23.8 Å². The lowest BCUT2D eigenvalue weighted by Crippen LogP contribution is -2.34. The Morgan fingerprint density at radius 1 is 1.27 bits per heavy atom. The Labute approximate surface area is 149 Å². The van der Waals surface area contributed by atoms with E-state index in [0.717, 1.165) is 5.56 Å². The van der Waals surface area contributed by atoms with Gasteiger partial charge in [-0.25, -0.2) is 9.78 Å². The molecule has 26 heavy (non-hydrogen) atoms. The minimum absolute atomic E-state index is 0.0782. The molecule has 0 fully saturated rings. The lowest BCUT2D eigenvalue weighted by atomic mass is 10.2. The predicted octanol–water partition coefficient (Wildman–Crippen LogP) is 0.420. The van der Waals surface area contributed by atoms with Crippen molar-refractivity contribution in [1.29, 1.82) is 0 Å². The fourth-order valence-corrected chi connectivity index (χ4v) is 2.17. The van der Waals surface area contributed by atoms with E-state index in [1.807, 2.05) is 0 Å². The molecule has 1 heterocycles. The zero-order valence-electron chi connectivity index (χ0n) is 14.1. The van der Waals surface area contributed by atoms with Crippen LogP contribution in [-0.2, 0) is 16.1 Å². The molecule has 3 amide bonds. The third-order valence-electron chi connectivity index (χ3n) is 3.32. The molecule has 0 saturated heterocycles. The molecular weight excluding hydrogens is 342 g/mol. The Morgan fingerprint density at radius 3 is 2.58 bits per heavy atom. The maximum Gasteiger partial charge on any atom is 0.325 e. The van der Waals surface area contributed by atoms with Crippen LogP contribution in [-0.4, -0.2) is 45.7 Å². The van der Waals surface area contributed by atoms with Gasteiger partial charge in [0.1, 0.15) is 6.54 Å². The molecule has 0 bridgehead atoms. The van der Waals surface area contributed by atoms with Crippen LogP contribution in [0.4, 0.5) is 10.5 Å². The first-order valence-corrected chi connectivity index (χ1v) is 7.74. The second kappa shape index (κ2) is 8.51. The van der Waals surface area contributed by atoms with Gasteiger partial charge in [0.25, 0.3) is 5.91 Å². The van der Waals surface area contributed by atoms with Crippen LogP contribution in [0.2, 0.25) is 0 Å². The number of anilines is 1. The number of ether oxygens (including phenoxy) is 1. The van der Waals surface area contributed by atoms with E-state index in [0.29, 0.717) is 5.69 Å². The molecule has 0 atom stereocenters. The summed E-state index contributed by atoms with van der Waals surface area (Å²) in [7, 11) is 0. The van der Waals surface area contributed by atoms with Gasteiger partial charge in [0, 0.05) is 12.2 Å². The number of carbonyl (C=O) groups excluding carboxylic acids is 3. The number of hydrogen-bond donors (Lipinski definition) is 4. The summed E-state index contributed by atoms with van der Waals surface area (Å²) in [4.78, 5) is 37.9. The molecule has 0 saturated carbocycles. The van der Waals surface area contributed by atoms with Gasteiger partial charge >= 0.3 is 12.0 Å². The van der Waals surface area contributed by atoms with Gasteiger partial charge in [0.2, 0.25) is 5.88 Å². The zero-order chi connectivity index (χ0) is 19.1. The number of primary amides is 1. The number of benzene rings is 1. The minimum atomic E-state index is -0.781. The number of rotatable bonds is 7. The van der Waals surface area contributed by atoms with E-state index in [1.54, 1.807) is 31.2 Å². The third kappa shape index (κ3) is 4.97. The summed E-state index contributed by atoms with van der Waals surface area (Å²) in [6.07, 6.45) is 1.31. The summed E-state index contributed by atoms with van der Waals surface area (Å²) in [5, 5.41) is 14.5. The number of amides is 3. The third-order valence-corrected chi connectivity index (χ3v) is 3.32. The molecule has 0 unspecified atom stereocenters. The number of carbonyl (C=O) groups is 3. The van der Waals surface area contributed by atoms with Crippen LogP contribution >= 0.6 is 0 Å². The summed E-state index contributed by atoms with van der Waals surface area (Å²) in [5.74, 6) is -1.72. The maximum absolute atomic E-state index is 11.7. The Kier molecular flexibility index (Phi) is 6.15. The van der Waals surface area contributed by atoms with Crippen LogP contribution in [0.15, 0.2) is 30.6 Å². The first-order valence-electron chi connectivity index (χ1n) is 7.74. The average molecular weight is 361 g/mol. The van der Waals surface area contributed by atoms with Gasteiger partial charge in [-0.3, -0.25) is 9.59 Å². The van der Waals surface area contributed by atoms with Crippen molar-refractivity contribution < 1.29 is 24.2 Å². The molecule has 0 radical (unpaired) electrons. The fraction of sp³-hybridized carbons (Fsp3) is 0.250. The van der Waals surface area contributed by atoms with Crippen molar-refractivity contribution in [2.45, 2.75) is 13.5 Å². The predicted molar refractivity (Wildman–Crippen MR) is 91.6 cm³/mol. The number of aromatic hydroxyl groups is 1. The topological polar surface area (TPSA) is 149 Å². The molecule has 10 heteroatoms. The standard InChI is InChI=1S/C16H19N5O5/c1-2-26-12(22)7-18-16(25)20-11-5-3-10(4-6-11)8-21-9-19-15(24)13(21)14(17)23/h3-6,9,24H,2,7-8H2,1H3,(H2,17,23)(H2,18,20,25). The lowest BCUT2D eigenvalue weighted by molar-refractivity contribution is -0.141. The molecule has 0 spiro atoms. The minimum Gasteiger partial charge on any atom is -0.492 e. The van der Waals surface area contributed by atoms with Crippen LogP contribution < -0.4 is 16.4 Å². The summed E-state index contributed by atoms with van der Waals surface area (Å²) in [5.41, 5.74) is 6.44. The van der Waals surface area contributed by atoms with Gasteiger partial charge in [-0.2, -0.15) is 0 Å². The molecule has 2 aromatic rings. The van der Waals surface area contributed by atoms with E-state index in [1.165, 1.54) is 10.9 Å². The molecule has 5 N–H and O–H groups in total. The van der Waals surface area contributed by atoms with Crippen molar-refractivity contribution in [1.82, 2.24) is 14.9 Å². The first-order chi connectivity index (χ1) is 12.4. The summed E-state index contributed by atoms with van der Waals surface area (Å²) in [6.45, 7) is 1.96. The van der Waals surface area contributed by atoms with Crippen molar-refractivity contribution in [3.8, 4) is 5.88 Å². The maximum atomic E-state index is 11.7. The van der Waals surface area contributed by atoms with Crippen molar-refractivity contribution in [3.05, 3.63) is 41.9 Å². The Hall–Kier alpha value is -3.56. The summed E-state index contributed by atoms with van der Waals surface area (Å²) < 4.78 is 6.13. The number of nitrogens with one attached hydrogen (secondary N) is 2. The van der Waals surface area contributed by atoms with Crippen molar-refractivity contribution >= 4 is 23.6 Å². The average Bonchev–Trinajstić information content (AvgIpc) is 2.95. The Bertz CT molecular complexity index is 800. The molecule has 2 rings (SSSR count). The van der Waals surface area contributed by atoms with E-state index >= 15 is 0 Å². The molecule has 1 aromatic heterocycles. The number of aromatic nitrogens is 2. The molecule has 1 aromatic carbocycles. The highest BCUT2D eigenvalue weighted by Crippen LogP contribution is 2.16. The van der Waals surface area contributed by atoms with E-state index in [9.17, 15) is 19.5 Å². The molecular formula is C16H19N5O5. The van der Waals surface area contributed by atoms with E-state index in [4.69, 9.17) is 10.5 Å². The van der Waals surface area contributed by atoms with Crippen LogP contribution in [0.3, 0.4) is 0 Å². The zero-order valence-corrected chi connectivity index (χ0v) is 14.1. The Balaban J connectivity index is 1.93. The van der Waals surface area contributed by atoms with Gasteiger partial charge in [0.15, 0.2) is 5.69 Å². The highest BCUT2D eigenvalue weighted by Gasteiger charge is 2.15. The molecule has 0 aliphatic rings. The first kappa shape index (κ1) is 18.8. The quantitative estimate of drug-likeness (QED) is 0.525. The van der Waals surface area contributed by atoms with E-state index in [-0.39, 0.29) is 25.4 Å². The molecule has 0 aliphatic carbocycles. The lowest BCUT2D eigenvalue weighted by Gasteiger charge is -2.09. The monoisotopic (exact) mass is 361 g/mol. The Morgan fingerprint density at radius 2 is 1.96 bits per heavy atom. The molecule has 138 valence electrons. The van der Waals surface area contributed by atoms with E-state index in [2.05, 4.69) is 15.6 Å². The van der Waals surface area contributed by atoms with Gasteiger partial charge in [-0.05, 0) is 24.6 Å². The number of esters is 1. The number of nitrogens with two attached hydrogens (primary N) is 1. The van der Waals surface area contributed by atoms with Crippen LogP contribution in [0.25, 0.3) is 0 Å². The highest BCUT2D eigenvalue weighted by atomic mass is 16.5. The number of imidazole rings is 1. The smallest absolute Gasteiger partial charge is 0.325 e. The van der Waals surface area contributed by atoms with Crippen LogP contribution in [0.5, 0.6) is 5.88 Å². The highest BCUT2D eigenvalue weighted by molar-refractivity contribution is 5.93. The SMILES string of the molecule is CCOC(=O)CNC(=O)Nc1ccc(Cn2cnc(O)c2C(N)=O)cc1. The van der Waals surface area contributed by atoms with Crippen LogP contribution in [0, 0.1) is 0 Å². The van der Waals surface area contributed by atoms with Crippen molar-refractivity contribution in [2.75, 3.05) is 18.5 Å². The van der Waals surface area contributed by atoms with Crippen molar-refractivity contribution in [2.24, 2.45) is 5.73 Å². The van der Waals surface area contributed by atoms with Gasteiger partial charge in [-0.1, -0.05) is 12.1 Å². The second-order valence-electron chi connectivity index (χ2n) is 5.22. The largest absolute Gasteiger partial charge is 0.492 e. The van der Waals surface area contributed by atoms with Gasteiger partial charge in [0.05, 0.1) is 12.9 Å². The second-order valence-corrected chi connectivity index (χ2v) is 5.22. The summed E-state index contributed by atoms with van der Waals surface area (Å²) >= 11 is 0.